The topological polar surface area (TPSA) is 83.6 Å². The van der Waals surface area contributed by atoms with Crippen molar-refractivity contribution in [1.82, 2.24) is 15.2 Å². The maximum absolute atomic E-state index is 13.0. The van der Waals surface area contributed by atoms with E-state index in [0.29, 0.717) is 18.2 Å². The van der Waals surface area contributed by atoms with Gasteiger partial charge >= 0.3 is 6.03 Å². The van der Waals surface area contributed by atoms with Crippen molar-refractivity contribution in [3.63, 3.8) is 0 Å². The van der Waals surface area contributed by atoms with E-state index in [-0.39, 0.29) is 36.5 Å². The molecule has 1 heterocycles. The molecule has 0 spiro atoms. The van der Waals surface area contributed by atoms with Crippen LogP contribution in [-0.2, 0) is 17.8 Å². The van der Waals surface area contributed by atoms with Crippen LogP contribution in [-0.4, -0.2) is 42.1 Å². The lowest BCUT2D eigenvalue weighted by Gasteiger charge is -2.23. The molecule has 2 N–H and O–H groups in total. The van der Waals surface area contributed by atoms with Crippen molar-refractivity contribution in [3.8, 4) is 0 Å². The summed E-state index contributed by atoms with van der Waals surface area (Å²) in [6, 6.07) is 11.5. The smallest absolute Gasteiger partial charge is 0.322 e. The molecule has 0 radical (unpaired) electrons. The van der Waals surface area contributed by atoms with E-state index in [4.69, 9.17) is 4.74 Å². The van der Waals surface area contributed by atoms with Gasteiger partial charge in [0, 0.05) is 31.3 Å². The number of benzene rings is 2. The number of nitrogens with one attached hydrogen (secondary N) is 2. The van der Waals surface area contributed by atoms with Crippen molar-refractivity contribution in [2.24, 2.45) is 0 Å². The molecule has 0 aliphatic rings. The van der Waals surface area contributed by atoms with E-state index in [9.17, 15) is 14.0 Å². The number of nitrogens with zero attached hydrogens (tertiary/aromatic N) is 2. The Labute approximate surface area is 196 Å². The third-order valence-corrected chi connectivity index (χ3v) is 5.88. The zero-order valence-electron chi connectivity index (χ0n) is 18.9. The van der Waals surface area contributed by atoms with Crippen LogP contribution in [0.15, 0.2) is 47.8 Å². The summed E-state index contributed by atoms with van der Waals surface area (Å²) in [6.07, 6.45) is 0. The summed E-state index contributed by atoms with van der Waals surface area (Å²) in [6.45, 7) is 5.15. The maximum atomic E-state index is 13.0. The third-order valence-electron chi connectivity index (χ3n) is 5.04. The summed E-state index contributed by atoms with van der Waals surface area (Å²) in [4.78, 5) is 31.4. The van der Waals surface area contributed by atoms with Gasteiger partial charge in [-0.25, -0.2) is 14.2 Å². The second kappa shape index (κ2) is 11.5. The largest absolute Gasteiger partial charge is 0.383 e. The van der Waals surface area contributed by atoms with Gasteiger partial charge in [0.05, 0.1) is 13.2 Å². The minimum atomic E-state index is -0.328. The second-order valence-corrected chi connectivity index (χ2v) is 8.49. The highest BCUT2D eigenvalue weighted by Gasteiger charge is 2.19. The molecule has 0 unspecified atom stereocenters. The van der Waals surface area contributed by atoms with Crippen molar-refractivity contribution < 1.29 is 18.7 Å². The molecule has 1 aromatic heterocycles. The van der Waals surface area contributed by atoms with Gasteiger partial charge in [-0.2, -0.15) is 0 Å². The monoisotopic (exact) mass is 470 g/mol. The van der Waals surface area contributed by atoms with Crippen LogP contribution >= 0.6 is 11.3 Å². The first-order chi connectivity index (χ1) is 15.9. The van der Waals surface area contributed by atoms with Gasteiger partial charge in [-0.15, -0.1) is 11.3 Å². The van der Waals surface area contributed by atoms with E-state index >= 15 is 0 Å². The van der Waals surface area contributed by atoms with E-state index in [1.54, 1.807) is 29.5 Å². The molecule has 3 amide bonds. The Kier molecular flexibility index (Phi) is 8.51. The number of thiazole rings is 1. The lowest BCUT2D eigenvalue weighted by molar-refractivity contribution is 0.0946. The molecule has 174 valence electrons. The molecule has 7 nitrogen and oxygen atoms in total. The Morgan fingerprint density at radius 1 is 1.12 bits per heavy atom. The minimum absolute atomic E-state index is 0.246. The molecular formula is C24H27FN4O3S. The van der Waals surface area contributed by atoms with Crippen LogP contribution in [0.2, 0.25) is 0 Å². The average molecular weight is 471 g/mol. The number of hydrogen-bond acceptors (Lipinski definition) is 5. The van der Waals surface area contributed by atoms with Crippen LogP contribution in [0.5, 0.6) is 0 Å². The highest BCUT2D eigenvalue weighted by Crippen LogP contribution is 2.21. The molecule has 0 bridgehead atoms. The molecule has 3 aromatic rings. The van der Waals surface area contributed by atoms with E-state index in [1.807, 2.05) is 32.0 Å². The number of amides is 3. The molecular weight excluding hydrogens is 443 g/mol. The predicted octanol–water partition coefficient (Wildman–Crippen LogP) is 4.51. The lowest BCUT2D eigenvalue weighted by atomic mass is 10.1. The normalized spacial score (nSPS) is 10.7. The van der Waals surface area contributed by atoms with Crippen molar-refractivity contribution in [3.05, 3.63) is 81.1 Å². The van der Waals surface area contributed by atoms with Gasteiger partial charge in [0.15, 0.2) is 0 Å². The quantitative estimate of drug-likeness (QED) is 0.482. The number of aromatic nitrogens is 1. The van der Waals surface area contributed by atoms with Crippen LogP contribution in [0.1, 0.15) is 32.2 Å². The van der Waals surface area contributed by atoms with Gasteiger partial charge in [-0.1, -0.05) is 30.3 Å². The predicted molar refractivity (Wildman–Crippen MR) is 127 cm³/mol. The third kappa shape index (κ3) is 6.84. The number of anilines is 1. The summed E-state index contributed by atoms with van der Waals surface area (Å²) >= 11 is 1.31. The Bertz CT molecular complexity index is 1080. The molecule has 0 aliphatic heterocycles. The van der Waals surface area contributed by atoms with Crippen molar-refractivity contribution in [1.29, 1.82) is 0 Å². The number of methoxy groups -OCH3 is 1. The Morgan fingerprint density at radius 3 is 2.48 bits per heavy atom. The van der Waals surface area contributed by atoms with E-state index in [0.717, 1.165) is 22.4 Å². The van der Waals surface area contributed by atoms with Crippen LogP contribution in [0.3, 0.4) is 0 Å². The molecule has 2 aromatic carbocycles. The van der Waals surface area contributed by atoms with Crippen LogP contribution in [0.4, 0.5) is 14.9 Å². The molecule has 9 heteroatoms. The van der Waals surface area contributed by atoms with Crippen molar-refractivity contribution in [2.75, 3.05) is 25.6 Å². The van der Waals surface area contributed by atoms with E-state index in [1.165, 1.54) is 23.5 Å². The zero-order valence-corrected chi connectivity index (χ0v) is 19.7. The first-order valence-electron chi connectivity index (χ1n) is 10.5. The summed E-state index contributed by atoms with van der Waals surface area (Å²) in [5, 5.41) is 8.05. The number of urea groups is 1. The molecule has 0 fully saturated rings. The fourth-order valence-corrected chi connectivity index (χ4v) is 3.97. The van der Waals surface area contributed by atoms with Crippen LogP contribution in [0, 0.1) is 19.7 Å². The van der Waals surface area contributed by atoms with Gasteiger partial charge in [0.2, 0.25) is 0 Å². The number of ether oxygens (including phenoxy) is 1. The number of para-hydroxylation sites is 1. The van der Waals surface area contributed by atoms with Gasteiger partial charge < -0.3 is 20.3 Å². The molecule has 0 atom stereocenters. The highest BCUT2D eigenvalue weighted by atomic mass is 32.1. The number of halogens is 1. The van der Waals surface area contributed by atoms with Crippen molar-refractivity contribution >= 4 is 29.0 Å². The van der Waals surface area contributed by atoms with E-state index < -0.39 is 0 Å². The second-order valence-electron chi connectivity index (χ2n) is 7.55. The van der Waals surface area contributed by atoms with Gasteiger partial charge in [-0.3, -0.25) is 4.79 Å². The van der Waals surface area contributed by atoms with Gasteiger partial charge in [0.25, 0.3) is 5.91 Å². The number of hydrogen-bond donors (Lipinski definition) is 2. The highest BCUT2D eigenvalue weighted by molar-refractivity contribution is 7.09. The maximum Gasteiger partial charge on any atom is 0.322 e. The van der Waals surface area contributed by atoms with Gasteiger partial charge in [0.1, 0.15) is 16.5 Å². The number of carbonyl (C=O) groups excluding carboxylic acids is 2. The van der Waals surface area contributed by atoms with Crippen LogP contribution < -0.4 is 10.6 Å². The number of aryl methyl sites for hydroxylation is 2. The van der Waals surface area contributed by atoms with Crippen LogP contribution in [0.25, 0.3) is 0 Å². The standard InChI is InChI=1S/C24H27FN4O3S/c1-16-5-4-6-17(2)22(16)28-24(31)29(11-12-32-3)14-21-27-20(15-33-21)23(30)26-13-18-7-9-19(25)10-8-18/h4-10,15H,11-14H2,1-3H3,(H,26,30)(H,28,31). The minimum Gasteiger partial charge on any atom is -0.383 e. The summed E-state index contributed by atoms with van der Waals surface area (Å²) in [5.74, 6) is -0.654. The summed E-state index contributed by atoms with van der Waals surface area (Å²) in [5.41, 5.74) is 3.80. The lowest BCUT2D eigenvalue weighted by Crippen LogP contribution is -2.37. The fourth-order valence-electron chi connectivity index (χ4n) is 3.18. The molecule has 33 heavy (non-hydrogen) atoms. The zero-order chi connectivity index (χ0) is 23.8. The first-order valence-corrected chi connectivity index (χ1v) is 11.3. The molecule has 0 saturated heterocycles. The average Bonchev–Trinajstić information content (AvgIpc) is 3.27. The number of carbonyl (C=O) groups is 2. The SMILES string of the molecule is COCCN(Cc1nc(C(=O)NCc2ccc(F)cc2)cs1)C(=O)Nc1c(C)cccc1C. The Hall–Kier alpha value is -3.30. The van der Waals surface area contributed by atoms with Crippen molar-refractivity contribution in [2.45, 2.75) is 26.9 Å². The fraction of sp³-hybridized carbons (Fsp3) is 0.292. The molecule has 0 saturated carbocycles. The Morgan fingerprint density at radius 2 is 1.82 bits per heavy atom. The Balaban J connectivity index is 1.64. The summed E-state index contributed by atoms with van der Waals surface area (Å²) in [7, 11) is 1.58. The first kappa shape index (κ1) is 24.3. The molecule has 3 rings (SSSR count). The van der Waals surface area contributed by atoms with Gasteiger partial charge in [-0.05, 0) is 42.7 Å². The number of rotatable bonds is 9. The molecule has 0 aliphatic carbocycles. The van der Waals surface area contributed by atoms with E-state index in [2.05, 4.69) is 15.6 Å². The summed E-state index contributed by atoms with van der Waals surface area (Å²) < 4.78 is 18.2.